The minimum Gasteiger partial charge on any atom is -0.483 e. The maximum absolute atomic E-state index is 13.0. The molecular weight excluding hydrogens is 474 g/mol. The maximum atomic E-state index is 13.0. The number of hydrogen-bond donors (Lipinski definition) is 0. The van der Waals surface area contributed by atoms with Gasteiger partial charge in [0.2, 0.25) is 5.91 Å². The van der Waals surface area contributed by atoms with E-state index in [4.69, 9.17) is 9.15 Å². The molecule has 2 aromatic carbocycles. The molecule has 0 fully saturated rings. The first-order valence-electron chi connectivity index (χ1n) is 11.7. The average molecular weight is 498 g/mol. The summed E-state index contributed by atoms with van der Waals surface area (Å²) in [5, 5.41) is 10.4. The van der Waals surface area contributed by atoms with Crippen LogP contribution in [0.1, 0.15) is 17.1 Å². The highest BCUT2D eigenvalue weighted by atomic mass is 32.2. The number of furan rings is 1. The number of fused-ring (bicyclic) bond motifs is 2. The average Bonchev–Trinajstić information content (AvgIpc) is 3.67. The summed E-state index contributed by atoms with van der Waals surface area (Å²) in [5.74, 6) is 2.40. The molecule has 6 rings (SSSR count). The van der Waals surface area contributed by atoms with Crippen LogP contribution in [0.4, 0.5) is 5.69 Å². The second-order valence-corrected chi connectivity index (χ2v) is 9.34. The highest BCUT2D eigenvalue weighted by Crippen LogP contribution is 2.29. The van der Waals surface area contributed by atoms with Crippen molar-refractivity contribution in [3.63, 3.8) is 0 Å². The van der Waals surface area contributed by atoms with Crippen LogP contribution in [0.15, 0.2) is 88.8 Å². The highest BCUT2D eigenvalue weighted by molar-refractivity contribution is 7.99. The zero-order valence-corrected chi connectivity index (χ0v) is 20.2. The van der Waals surface area contributed by atoms with E-state index in [9.17, 15) is 4.79 Å². The van der Waals surface area contributed by atoms with Crippen molar-refractivity contribution in [2.45, 2.75) is 24.7 Å². The zero-order chi connectivity index (χ0) is 24.3. The Hall–Kier alpha value is -4.11. The van der Waals surface area contributed by atoms with Crippen LogP contribution in [0.2, 0.25) is 0 Å². The summed E-state index contributed by atoms with van der Waals surface area (Å²) < 4.78 is 13.6. The summed E-state index contributed by atoms with van der Waals surface area (Å²) in [6.07, 6.45) is 4.27. The lowest BCUT2D eigenvalue weighted by Gasteiger charge is -2.17. The van der Waals surface area contributed by atoms with Crippen molar-refractivity contribution in [3.05, 3.63) is 96.3 Å². The lowest BCUT2D eigenvalue weighted by molar-refractivity contribution is -0.116. The molecule has 1 aliphatic heterocycles. The Morgan fingerprint density at radius 3 is 2.86 bits per heavy atom. The van der Waals surface area contributed by atoms with Gasteiger partial charge in [-0.1, -0.05) is 48.2 Å². The van der Waals surface area contributed by atoms with E-state index >= 15 is 0 Å². The van der Waals surface area contributed by atoms with E-state index in [0.29, 0.717) is 29.8 Å². The Morgan fingerprint density at radius 2 is 1.94 bits per heavy atom. The van der Waals surface area contributed by atoms with Crippen LogP contribution in [-0.2, 0) is 24.4 Å². The van der Waals surface area contributed by atoms with Gasteiger partial charge in [-0.2, -0.15) is 0 Å². The fraction of sp³-hybridized carbons (Fsp3) is 0.185. The molecule has 1 amide bonds. The molecule has 180 valence electrons. The second-order valence-electron chi connectivity index (χ2n) is 8.40. The summed E-state index contributed by atoms with van der Waals surface area (Å²) in [6, 6.07) is 21.5. The van der Waals surface area contributed by atoms with Crippen LogP contribution >= 0.6 is 11.8 Å². The number of pyridine rings is 1. The monoisotopic (exact) mass is 497 g/mol. The van der Waals surface area contributed by atoms with E-state index in [1.165, 1.54) is 17.3 Å². The molecule has 9 heteroatoms. The van der Waals surface area contributed by atoms with Crippen LogP contribution in [0.5, 0.6) is 5.75 Å². The van der Waals surface area contributed by atoms with Gasteiger partial charge >= 0.3 is 0 Å². The Kier molecular flexibility index (Phi) is 6.13. The minimum absolute atomic E-state index is 0.0529. The van der Waals surface area contributed by atoms with Crippen molar-refractivity contribution >= 4 is 34.3 Å². The fourth-order valence-electron chi connectivity index (χ4n) is 4.39. The molecule has 0 saturated carbocycles. The number of para-hydroxylation sites is 2. The number of anilines is 1. The molecule has 0 aliphatic carbocycles. The van der Waals surface area contributed by atoms with Gasteiger partial charge < -0.3 is 14.1 Å². The molecule has 4 heterocycles. The SMILES string of the molecule is O=C(CSc1nnc(COc2cccc3cccnc23)n1Cc1ccco1)N1CCc2ccccc21. The molecule has 0 N–H and O–H groups in total. The van der Waals surface area contributed by atoms with Crippen LogP contribution < -0.4 is 9.64 Å². The first-order chi connectivity index (χ1) is 17.8. The standard InChI is InChI=1S/C27H23N5O3S/c33-25(31-14-12-19-6-1-2-10-22(19)31)18-36-27-30-29-24(32(27)16-21-9-5-15-34-21)17-35-23-11-3-7-20-8-4-13-28-26(20)23/h1-11,13,15H,12,14,16-18H2. The van der Waals surface area contributed by atoms with Crippen LogP contribution in [0, 0.1) is 0 Å². The van der Waals surface area contributed by atoms with E-state index in [-0.39, 0.29) is 18.3 Å². The van der Waals surface area contributed by atoms with Gasteiger partial charge in [0.1, 0.15) is 23.6 Å². The van der Waals surface area contributed by atoms with E-state index < -0.39 is 0 Å². The van der Waals surface area contributed by atoms with Gasteiger partial charge in [-0.3, -0.25) is 14.3 Å². The van der Waals surface area contributed by atoms with E-state index in [1.807, 2.05) is 70.1 Å². The van der Waals surface area contributed by atoms with Crippen molar-refractivity contribution in [2.75, 3.05) is 17.2 Å². The summed E-state index contributed by atoms with van der Waals surface area (Å²) >= 11 is 1.37. The van der Waals surface area contributed by atoms with Crippen molar-refractivity contribution in [2.24, 2.45) is 0 Å². The van der Waals surface area contributed by atoms with Gasteiger partial charge in [-0.15, -0.1) is 10.2 Å². The number of thioether (sulfide) groups is 1. The topological polar surface area (TPSA) is 86.3 Å². The van der Waals surface area contributed by atoms with Crippen LogP contribution in [0.3, 0.4) is 0 Å². The lowest BCUT2D eigenvalue weighted by Crippen LogP contribution is -2.30. The van der Waals surface area contributed by atoms with E-state index in [1.54, 1.807) is 12.5 Å². The van der Waals surface area contributed by atoms with Crippen LogP contribution in [-0.4, -0.2) is 38.0 Å². The normalized spacial score (nSPS) is 12.7. The minimum atomic E-state index is 0.0529. The van der Waals surface area contributed by atoms with Crippen molar-refractivity contribution in [1.29, 1.82) is 0 Å². The molecular formula is C27H23N5O3S. The van der Waals surface area contributed by atoms with Gasteiger partial charge in [-0.05, 0) is 42.3 Å². The lowest BCUT2D eigenvalue weighted by atomic mass is 10.2. The maximum Gasteiger partial charge on any atom is 0.237 e. The number of rotatable bonds is 8. The number of nitrogens with zero attached hydrogens (tertiary/aromatic N) is 5. The molecule has 36 heavy (non-hydrogen) atoms. The number of aromatic nitrogens is 4. The Bertz CT molecular complexity index is 1510. The number of amides is 1. The molecule has 0 atom stereocenters. The fourth-order valence-corrected chi connectivity index (χ4v) is 5.22. The molecule has 3 aromatic heterocycles. The quantitative estimate of drug-likeness (QED) is 0.287. The number of ether oxygens (including phenoxy) is 1. The highest BCUT2D eigenvalue weighted by Gasteiger charge is 2.25. The van der Waals surface area contributed by atoms with Gasteiger partial charge in [0, 0.05) is 23.8 Å². The van der Waals surface area contributed by atoms with E-state index in [2.05, 4.69) is 21.2 Å². The third-order valence-electron chi connectivity index (χ3n) is 6.15. The summed E-state index contributed by atoms with van der Waals surface area (Å²) in [4.78, 5) is 19.4. The second kappa shape index (κ2) is 9.87. The molecule has 5 aromatic rings. The first kappa shape index (κ1) is 22.4. The predicted octanol–water partition coefficient (Wildman–Crippen LogP) is 4.73. The van der Waals surface area contributed by atoms with Crippen molar-refractivity contribution in [3.8, 4) is 5.75 Å². The van der Waals surface area contributed by atoms with Gasteiger partial charge in [-0.25, -0.2) is 0 Å². The number of carbonyl (C=O) groups is 1. The van der Waals surface area contributed by atoms with Gasteiger partial charge in [0.15, 0.2) is 11.0 Å². The largest absolute Gasteiger partial charge is 0.483 e. The molecule has 0 bridgehead atoms. The Balaban J connectivity index is 1.20. The van der Waals surface area contributed by atoms with Crippen LogP contribution in [0.25, 0.3) is 10.9 Å². The van der Waals surface area contributed by atoms with Gasteiger partial charge in [0.25, 0.3) is 0 Å². The number of carbonyl (C=O) groups excluding carboxylic acids is 1. The van der Waals surface area contributed by atoms with Crippen molar-refractivity contribution in [1.82, 2.24) is 19.7 Å². The number of hydrogen-bond acceptors (Lipinski definition) is 7. The Morgan fingerprint density at radius 1 is 1.03 bits per heavy atom. The summed E-state index contributed by atoms with van der Waals surface area (Å²) in [5.41, 5.74) is 3.00. The zero-order valence-electron chi connectivity index (χ0n) is 19.4. The molecule has 8 nitrogen and oxygen atoms in total. The summed E-state index contributed by atoms with van der Waals surface area (Å²) in [7, 11) is 0. The Labute approximate surface area is 211 Å². The molecule has 0 saturated heterocycles. The molecule has 0 radical (unpaired) electrons. The number of benzene rings is 2. The van der Waals surface area contributed by atoms with E-state index in [0.717, 1.165) is 28.8 Å². The molecule has 1 aliphatic rings. The first-order valence-corrected chi connectivity index (χ1v) is 12.7. The third-order valence-corrected chi connectivity index (χ3v) is 7.10. The molecule has 0 spiro atoms. The predicted molar refractivity (Wildman–Crippen MR) is 137 cm³/mol. The molecule has 0 unspecified atom stereocenters. The van der Waals surface area contributed by atoms with Crippen molar-refractivity contribution < 1.29 is 13.9 Å². The summed E-state index contributed by atoms with van der Waals surface area (Å²) in [6.45, 7) is 1.35. The third kappa shape index (κ3) is 4.45. The smallest absolute Gasteiger partial charge is 0.237 e. The van der Waals surface area contributed by atoms with Gasteiger partial charge in [0.05, 0.1) is 18.6 Å².